The van der Waals surface area contributed by atoms with Gasteiger partial charge in [-0.2, -0.15) is 0 Å². The summed E-state index contributed by atoms with van der Waals surface area (Å²) in [7, 11) is 5.78. The Bertz CT molecular complexity index is 286. The Kier molecular flexibility index (Phi) is 3.75. The fourth-order valence-electron chi connectivity index (χ4n) is 1.19. The molecule has 13 heavy (non-hydrogen) atoms. The van der Waals surface area contributed by atoms with Crippen molar-refractivity contribution in [2.75, 3.05) is 21.2 Å². The van der Waals surface area contributed by atoms with Gasteiger partial charge in [0, 0.05) is 16.6 Å². The second-order valence-corrected chi connectivity index (χ2v) is 4.11. The first-order chi connectivity index (χ1) is 6.13. The van der Waals surface area contributed by atoms with E-state index in [2.05, 4.69) is 26.9 Å². The summed E-state index contributed by atoms with van der Waals surface area (Å²) in [6, 6.07) is 6.09. The molecule has 0 bridgehead atoms. The summed E-state index contributed by atoms with van der Waals surface area (Å²) >= 11 is 3.41. The van der Waals surface area contributed by atoms with Crippen molar-refractivity contribution in [3.05, 3.63) is 28.2 Å². The van der Waals surface area contributed by atoms with Crippen molar-refractivity contribution in [1.82, 2.24) is 4.90 Å². The summed E-state index contributed by atoms with van der Waals surface area (Å²) in [5, 5.41) is 0. The molecule has 0 aromatic heterocycles. The molecule has 0 saturated carbocycles. The van der Waals surface area contributed by atoms with Crippen LogP contribution in [0.1, 0.15) is 5.56 Å². The molecule has 72 valence electrons. The fourth-order valence-corrected chi connectivity index (χ4v) is 1.53. The van der Waals surface area contributed by atoms with Crippen LogP contribution in [-0.4, -0.2) is 26.1 Å². The number of methoxy groups -OCH3 is 1. The van der Waals surface area contributed by atoms with Crippen LogP contribution in [0.5, 0.6) is 5.75 Å². The SMILES string of the molecule is COc1cc(Br)ccc1CN(C)C. The predicted octanol–water partition coefficient (Wildman–Crippen LogP) is 2.52. The minimum absolute atomic E-state index is 0.899. The maximum absolute atomic E-state index is 5.27. The Labute approximate surface area is 87.6 Å². The average molecular weight is 244 g/mol. The molecule has 0 saturated heterocycles. The Hall–Kier alpha value is -0.540. The van der Waals surface area contributed by atoms with E-state index in [0.717, 1.165) is 16.8 Å². The van der Waals surface area contributed by atoms with Crippen LogP contribution in [0.15, 0.2) is 22.7 Å². The molecule has 1 aromatic carbocycles. The number of benzene rings is 1. The molecule has 0 heterocycles. The van der Waals surface area contributed by atoms with E-state index >= 15 is 0 Å². The minimum Gasteiger partial charge on any atom is -0.496 e. The van der Waals surface area contributed by atoms with Crippen LogP contribution in [0.3, 0.4) is 0 Å². The van der Waals surface area contributed by atoms with Crippen LogP contribution in [0, 0.1) is 0 Å². The van der Waals surface area contributed by atoms with Crippen molar-refractivity contribution in [2.45, 2.75) is 6.54 Å². The van der Waals surface area contributed by atoms with E-state index in [0.29, 0.717) is 0 Å². The Balaban J connectivity index is 2.92. The van der Waals surface area contributed by atoms with Crippen LogP contribution in [0.4, 0.5) is 0 Å². The third-order valence-electron chi connectivity index (χ3n) is 1.74. The summed E-state index contributed by atoms with van der Waals surface area (Å²) < 4.78 is 6.32. The van der Waals surface area contributed by atoms with Gasteiger partial charge in [0.2, 0.25) is 0 Å². The maximum atomic E-state index is 5.27. The zero-order valence-corrected chi connectivity index (χ0v) is 9.76. The molecule has 0 unspecified atom stereocenters. The number of hydrogen-bond acceptors (Lipinski definition) is 2. The van der Waals surface area contributed by atoms with Crippen LogP contribution in [-0.2, 0) is 6.54 Å². The molecular weight excluding hydrogens is 230 g/mol. The van der Waals surface area contributed by atoms with E-state index < -0.39 is 0 Å². The lowest BCUT2D eigenvalue weighted by molar-refractivity contribution is 0.371. The van der Waals surface area contributed by atoms with Gasteiger partial charge in [0.05, 0.1) is 7.11 Å². The molecule has 0 radical (unpaired) electrons. The highest BCUT2D eigenvalue weighted by atomic mass is 79.9. The second-order valence-electron chi connectivity index (χ2n) is 3.19. The highest BCUT2D eigenvalue weighted by molar-refractivity contribution is 9.10. The molecule has 2 nitrogen and oxygen atoms in total. The van der Waals surface area contributed by atoms with Crippen molar-refractivity contribution >= 4 is 15.9 Å². The molecule has 0 aliphatic heterocycles. The lowest BCUT2D eigenvalue weighted by Crippen LogP contribution is -2.11. The second kappa shape index (κ2) is 4.63. The molecular formula is C10H14BrNO. The molecule has 3 heteroatoms. The predicted molar refractivity (Wildman–Crippen MR) is 58.1 cm³/mol. The van der Waals surface area contributed by atoms with Crippen LogP contribution < -0.4 is 4.74 Å². The smallest absolute Gasteiger partial charge is 0.124 e. The molecule has 0 atom stereocenters. The van der Waals surface area contributed by atoms with Crippen molar-refractivity contribution in [2.24, 2.45) is 0 Å². The Morgan fingerprint density at radius 3 is 2.62 bits per heavy atom. The average Bonchev–Trinajstić information content (AvgIpc) is 2.07. The highest BCUT2D eigenvalue weighted by Gasteiger charge is 2.03. The summed E-state index contributed by atoms with van der Waals surface area (Å²) in [6.07, 6.45) is 0. The number of ether oxygens (including phenoxy) is 1. The fraction of sp³-hybridized carbons (Fsp3) is 0.400. The van der Waals surface area contributed by atoms with Crippen LogP contribution >= 0.6 is 15.9 Å². The van der Waals surface area contributed by atoms with E-state index in [9.17, 15) is 0 Å². The molecule has 1 aromatic rings. The number of rotatable bonds is 3. The lowest BCUT2D eigenvalue weighted by Gasteiger charge is -2.13. The summed E-state index contributed by atoms with van der Waals surface area (Å²) in [4.78, 5) is 2.12. The Morgan fingerprint density at radius 2 is 2.08 bits per heavy atom. The first kappa shape index (κ1) is 10.5. The van der Waals surface area contributed by atoms with Crippen LogP contribution in [0.2, 0.25) is 0 Å². The van der Waals surface area contributed by atoms with E-state index in [1.807, 2.05) is 26.2 Å². The van der Waals surface area contributed by atoms with Crippen molar-refractivity contribution < 1.29 is 4.74 Å². The summed E-state index contributed by atoms with van der Waals surface area (Å²) in [5.41, 5.74) is 1.20. The third kappa shape index (κ3) is 3.01. The van der Waals surface area contributed by atoms with Gasteiger partial charge >= 0.3 is 0 Å². The molecule has 0 aliphatic carbocycles. The lowest BCUT2D eigenvalue weighted by atomic mass is 10.2. The molecule has 0 aliphatic rings. The normalized spacial score (nSPS) is 10.5. The van der Waals surface area contributed by atoms with Crippen molar-refractivity contribution in [3.8, 4) is 5.75 Å². The molecule has 0 amide bonds. The van der Waals surface area contributed by atoms with Crippen molar-refractivity contribution in [3.63, 3.8) is 0 Å². The van der Waals surface area contributed by atoms with Gasteiger partial charge in [-0.25, -0.2) is 0 Å². The molecule has 1 rings (SSSR count). The maximum Gasteiger partial charge on any atom is 0.124 e. The summed E-state index contributed by atoms with van der Waals surface area (Å²) in [5.74, 6) is 0.933. The number of hydrogen-bond donors (Lipinski definition) is 0. The zero-order chi connectivity index (χ0) is 9.84. The van der Waals surface area contributed by atoms with Gasteiger partial charge in [0.15, 0.2) is 0 Å². The Morgan fingerprint density at radius 1 is 1.38 bits per heavy atom. The summed E-state index contributed by atoms with van der Waals surface area (Å²) in [6.45, 7) is 0.899. The third-order valence-corrected chi connectivity index (χ3v) is 2.23. The van der Waals surface area contributed by atoms with Gasteiger partial charge < -0.3 is 9.64 Å². The van der Waals surface area contributed by atoms with Gasteiger partial charge in [0.1, 0.15) is 5.75 Å². The van der Waals surface area contributed by atoms with Crippen LogP contribution in [0.25, 0.3) is 0 Å². The van der Waals surface area contributed by atoms with Crippen molar-refractivity contribution in [1.29, 1.82) is 0 Å². The monoisotopic (exact) mass is 243 g/mol. The first-order valence-electron chi connectivity index (χ1n) is 4.10. The molecule has 0 fully saturated rings. The zero-order valence-electron chi connectivity index (χ0n) is 8.17. The van der Waals surface area contributed by atoms with E-state index in [-0.39, 0.29) is 0 Å². The van der Waals surface area contributed by atoms with E-state index in [1.165, 1.54) is 5.56 Å². The van der Waals surface area contributed by atoms with Gasteiger partial charge in [0.25, 0.3) is 0 Å². The highest BCUT2D eigenvalue weighted by Crippen LogP contribution is 2.23. The quantitative estimate of drug-likeness (QED) is 0.810. The van der Waals surface area contributed by atoms with Gasteiger partial charge in [-0.3, -0.25) is 0 Å². The minimum atomic E-state index is 0.899. The van der Waals surface area contributed by atoms with Gasteiger partial charge in [-0.15, -0.1) is 0 Å². The van der Waals surface area contributed by atoms with Gasteiger partial charge in [-0.1, -0.05) is 22.0 Å². The number of nitrogens with zero attached hydrogens (tertiary/aromatic N) is 1. The molecule has 0 spiro atoms. The first-order valence-corrected chi connectivity index (χ1v) is 4.90. The largest absolute Gasteiger partial charge is 0.496 e. The standard InChI is InChI=1S/C10H14BrNO/c1-12(2)7-8-4-5-9(11)6-10(8)13-3/h4-6H,7H2,1-3H3. The van der Waals surface area contributed by atoms with E-state index in [1.54, 1.807) is 7.11 Å². The van der Waals surface area contributed by atoms with Gasteiger partial charge in [-0.05, 0) is 26.2 Å². The topological polar surface area (TPSA) is 12.5 Å². The number of halogens is 1. The van der Waals surface area contributed by atoms with E-state index in [4.69, 9.17) is 4.74 Å². The molecule has 0 N–H and O–H groups in total.